The Labute approximate surface area is 233 Å². The Kier molecular flexibility index (Phi) is 6.52. The summed E-state index contributed by atoms with van der Waals surface area (Å²) in [6, 6.07) is 0. The number of carbonyl (C=O) groups excluding carboxylic acids is 1. The van der Waals surface area contributed by atoms with E-state index in [-0.39, 0.29) is 27.9 Å². The Morgan fingerprint density at radius 3 is 2.37 bits per heavy atom. The van der Waals surface area contributed by atoms with Crippen molar-refractivity contribution in [1.82, 2.24) is 0 Å². The van der Waals surface area contributed by atoms with Crippen molar-refractivity contribution in [2.75, 3.05) is 6.61 Å². The predicted octanol–water partition coefficient (Wildman–Crippen LogP) is 8.00. The van der Waals surface area contributed by atoms with E-state index in [2.05, 4.69) is 61.6 Å². The van der Waals surface area contributed by atoms with Crippen LogP contribution in [-0.4, -0.2) is 38.7 Å². The van der Waals surface area contributed by atoms with Gasteiger partial charge in [-0.1, -0.05) is 48.5 Å². The lowest BCUT2D eigenvalue weighted by Gasteiger charge is -2.60. The molecule has 2 heterocycles. The maximum Gasteiger partial charge on any atom is 0.192 e. The van der Waals surface area contributed by atoms with Crippen molar-refractivity contribution in [3.63, 3.8) is 0 Å². The molecule has 1 spiro atoms. The number of carbonyl (C=O) groups is 1. The first-order valence-corrected chi connectivity index (χ1v) is 19.0. The van der Waals surface area contributed by atoms with Crippen molar-refractivity contribution >= 4 is 14.1 Å². The lowest BCUT2D eigenvalue weighted by atomic mass is 9.44. The summed E-state index contributed by atoms with van der Waals surface area (Å²) >= 11 is 0. The molecule has 6 aliphatic rings. The van der Waals surface area contributed by atoms with Crippen molar-refractivity contribution < 1.29 is 18.7 Å². The molecule has 38 heavy (non-hydrogen) atoms. The summed E-state index contributed by atoms with van der Waals surface area (Å²) in [4.78, 5) is 14.3. The third kappa shape index (κ3) is 3.94. The van der Waals surface area contributed by atoms with Gasteiger partial charge >= 0.3 is 0 Å². The molecule has 2 saturated heterocycles. The van der Waals surface area contributed by atoms with Gasteiger partial charge in [-0.2, -0.15) is 0 Å². The molecule has 0 N–H and O–H groups in total. The number of hydrogen-bond acceptors (Lipinski definition) is 4. The molecule has 216 valence electrons. The molecule has 0 bridgehead atoms. The average molecular weight is 545 g/mol. The van der Waals surface area contributed by atoms with Crippen LogP contribution in [0.4, 0.5) is 0 Å². The first kappa shape index (κ1) is 27.9. The van der Waals surface area contributed by atoms with Gasteiger partial charge in [-0.25, -0.2) is 0 Å². The van der Waals surface area contributed by atoms with Gasteiger partial charge < -0.3 is 13.9 Å². The molecule has 0 aromatic carbocycles. The highest BCUT2D eigenvalue weighted by molar-refractivity contribution is 6.74. The molecule has 5 heteroatoms. The highest BCUT2D eigenvalue weighted by Crippen LogP contribution is 2.70. The second-order valence-electron chi connectivity index (χ2n) is 16.9. The van der Waals surface area contributed by atoms with Gasteiger partial charge in [-0.05, 0) is 103 Å². The van der Waals surface area contributed by atoms with Crippen molar-refractivity contribution in [2.24, 2.45) is 52.3 Å². The standard InChI is InChI=1S/C33H56O4Si/c1-20-12-15-33(35-19-20)21(2)28-27(36-33)17-25-24-11-10-22-16-23(37-38(8,9)30(3,4)5)13-14-31(22,6)29(24)26(34)18-32(25,28)7/h20-25,27-29H,10-19H2,1-9H3/t20-,21+,22+,23+,24+,25+,27+,28+,29-,31+,32+,33-/m1/s1. The van der Waals surface area contributed by atoms with Gasteiger partial charge in [-0.15, -0.1) is 0 Å². The average Bonchev–Trinajstić information content (AvgIpc) is 3.25. The van der Waals surface area contributed by atoms with E-state index in [4.69, 9.17) is 13.9 Å². The molecule has 4 saturated carbocycles. The van der Waals surface area contributed by atoms with Gasteiger partial charge in [0.25, 0.3) is 0 Å². The van der Waals surface area contributed by atoms with E-state index >= 15 is 0 Å². The number of Topliss-reactive ketones (excluding diaryl/α,β-unsaturated/α-hetero) is 1. The monoisotopic (exact) mass is 544 g/mol. The van der Waals surface area contributed by atoms with E-state index in [1.54, 1.807) is 0 Å². The molecule has 0 amide bonds. The lowest BCUT2D eigenvalue weighted by molar-refractivity contribution is -0.272. The van der Waals surface area contributed by atoms with E-state index in [0.29, 0.717) is 47.4 Å². The lowest BCUT2D eigenvalue weighted by Crippen LogP contribution is -2.59. The van der Waals surface area contributed by atoms with Crippen LogP contribution in [0, 0.1) is 52.3 Å². The molecule has 4 nitrogen and oxygen atoms in total. The SMILES string of the molecule is C[C@@H]1CC[C@@]2(OC1)O[C@H]1C[C@H]3[C@@H]4CC[C@H]5C[C@@H](O[Si](C)(C)C(C)(C)C)CC[C@]5(C)[C@H]4C(=O)C[C@]3(C)[C@H]1[C@@H]2C. The molecule has 0 aromatic heterocycles. The van der Waals surface area contributed by atoms with Gasteiger partial charge in [0.2, 0.25) is 0 Å². The maximum atomic E-state index is 14.3. The first-order chi connectivity index (χ1) is 17.6. The fraction of sp³-hybridized carbons (Fsp3) is 0.970. The van der Waals surface area contributed by atoms with Crippen molar-refractivity contribution in [1.29, 1.82) is 0 Å². The van der Waals surface area contributed by atoms with E-state index in [1.807, 2.05) is 0 Å². The normalized spacial score (nSPS) is 52.9. The highest BCUT2D eigenvalue weighted by atomic mass is 28.4. The fourth-order valence-corrected chi connectivity index (χ4v) is 12.2. The predicted molar refractivity (Wildman–Crippen MR) is 154 cm³/mol. The van der Waals surface area contributed by atoms with Gasteiger partial charge in [0.15, 0.2) is 14.1 Å². The number of fused-ring (bicyclic) bond motifs is 7. The van der Waals surface area contributed by atoms with Crippen LogP contribution in [0.25, 0.3) is 0 Å². The van der Waals surface area contributed by atoms with Crippen LogP contribution >= 0.6 is 0 Å². The first-order valence-electron chi connectivity index (χ1n) is 16.1. The summed E-state index contributed by atoms with van der Waals surface area (Å²) < 4.78 is 20.3. The molecule has 6 fully saturated rings. The van der Waals surface area contributed by atoms with E-state index in [0.717, 1.165) is 45.1 Å². The van der Waals surface area contributed by atoms with Crippen molar-refractivity contribution in [3.8, 4) is 0 Å². The van der Waals surface area contributed by atoms with Gasteiger partial charge in [0.05, 0.1) is 12.7 Å². The smallest absolute Gasteiger partial charge is 0.192 e. The van der Waals surface area contributed by atoms with Crippen LogP contribution in [0.3, 0.4) is 0 Å². The minimum Gasteiger partial charge on any atom is -0.414 e. The summed E-state index contributed by atoms with van der Waals surface area (Å²) in [5.41, 5.74) is 0.201. The van der Waals surface area contributed by atoms with Crippen LogP contribution in [0.1, 0.15) is 106 Å². The fourth-order valence-electron chi connectivity index (χ4n) is 10.8. The molecular weight excluding hydrogens is 488 g/mol. The Bertz CT molecular complexity index is 947. The van der Waals surface area contributed by atoms with E-state index in [9.17, 15) is 4.79 Å². The topological polar surface area (TPSA) is 44.8 Å². The molecule has 12 atom stereocenters. The third-order valence-corrected chi connectivity index (χ3v) is 18.4. The van der Waals surface area contributed by atoms with Crippen LogP contribution in [0.5, 0.6) is 0 Å². The second-order valence-corrected chi connectivity index (χ2v) is 21.7. The number of rotatable bonds is 2. The molecule has 4 aliphatic carbocycles. The molecule has 0 unspecified atom stereocenters. The Hall–Kier alpha value is -0.233. The van der Waals surface area contributed by atoms with Crippen molar-refractivity contribution in [2.45, 2.75) is 142 Å². The minimum absolute atomic E-state index is 0.0596. The Balaban J connectivity index is 1.20. The quantitative estimate of drug-likeness (QED) is 0.330. The van der Waals surface area contributed by atoms with Crippen LogP contribution in [-0.2, 0) is 18.7 Å². The van der Waals surface area contributed by atoms with Crippen LogP contribution in [0.2, 0.25) is 18.1 Å². The largest absolute Gasteiger partial charge is 0.414 e. The molecule has 0 radical (unpaired) electrons. The zero-order valence-electron chi connectivity index (χ0n) is 25.9. The highest BCUT2D eigenvalue weighted by Gasteiger charge is 2.70. The summed E-state index contributed by atoms with van der Waals surface area (Å²) in [6.45, 7) is 22.3. The van der Waals surface area contributed by atoms with Gasteiger partial charge in [0, 0.05) is 30.8 Å². The van der Waals surface area contributed by atoms with Gasteiger partial charge in [-0.3, -0.25) is 4.79 Å². The number of ketones is 1. The third-order valence-electron chi connectivity index (χ3n) is 13.8. The summed E-state index contributed by atoms with van der Waals surface area (Å²) in [5, 5.41) is 0.244. The van der Waals surface area contributed by atoms with Crippen molar-refractivity contribution in [3.05, 3.63) is 0 Å². The maximum absolute atomic E-state index is 14.3. The zero-order valence-corrected chi connectivity index (χ0v) is 26.9. The molecule has 2 aliphatic heterocycles. The van der Waals surface area contributed by atoms with E-state index in [1.165, 1.54) is 19.3 Å². The van der Waals surface area contributed by atoms with Crippen LogP contribution < -0.4 is 0 Å². The number of hydrogen-bond donors (Lipinski definition) is 0. The summed E-state index contributed by atoms with van der Waals surface area (Å²) in [5.74, 6) is 3.63. The molecule has 6 rings (SSSR count). The summed E-state index contributed by atoms with van der Waals surface area (Å²) in [7, 11) is -1.78. The Morgan fingerprint density at radius 2 is 1.71 bits per heavy atom. The number of ether oxygens (including phenoxy) is 2. The minimum atomic E-state index is -1.78. The molecule has 0 aromatic rings. The second kappa shape index (κ2) is 8.88. The zero-order chi connectivity index (χ0) is 27.5. The van der Waals surface area contributed by atoms with E-state index < -0.39 is 14.1 Å². The van der Waals surface area contributed by atoms with Crippen LogP contribution in [0.15, 0.2) is 0 Å². The Morgan fingerprint density at radius 1 is 0.974 bits per heavy atom. The molecular formula is C33H56O4Si. The summed E-state index contributed by atoms with van der Waals surface area (Å²) in [6.07, 6.45) is 10.7. The van der Waals surface area contributed by atoms with Gasteiger partial charge in [0.1, 0.15) is 5.78 Å².